The minimum atomic E-state index is -0.322. The maximum Gasteiger partial charge on any atom is 0.217 e. The van der Waals surface area contributed by atoms with Crippen molar-refractivity contribution in [1.29, 1.82) is 0 Å². The Hall–Kier alpha value is -2.58. The highest BCUT2D eigenvalue weighted by molar-refractivity contribution is 7.14. The minimum Gasteiger partial charge on any atom is -0.356 e. The monoisotopic (exact) mass is 429 g/mol. The second-order valence-corrected chi connectivity index (χ2v) is 8.84. The van der Waals surface area contributed by atoms with Gasteiger partial charge in [0.1, 0.15) is 5.82 Å². The van der Waals surface area contributed by atoms with Crippen molar-refractivity contribution < 1.29 is 18.5 Å². The minimum absolute atomic E-state index is 0.0783. The maximum atomic E-state index is 13.3. The summed E-state index contributed by atoms with van der Waals surface area (Å²) in [7, 11) is 0. The second kappa shape index (κ2) is 9.06. The molecule has 1 aromatic carbocycles. The lowest BCUT2D eigenvalue weighted by atomic mass is 9.91. The number of Topliss-reactive ketones (excluding diaryl/α,β-unsaturated/α-hetero) is 1. The van der Waals surface area contributed by atoms with Gasteiger partial charge in [0.05, 0.1) is 17.1 Å². The number of aromatic nitrogens is 1. The zero-order chi connectivity index (χ0) is 21.1. The standard InChI is InChI=1S/C22H24FN3O3S/c1-14(27)24-13-17-3-5-21(30-17)19(28)8-11-26-9-6-15(7-10-26)22-18-4-2-16(23)12-20(18)29-25-22/h2-5,12,15H,6-11,13H2,1H3,(H,24,27). The molecule has 1 aliphatic heterocycles. The zero-order valence-corrected chi connectivity index (χ0v) is 17.6. The Labute approximate surface area is 178 Å². The fourth-order valence-corrected chi connectivity index (χ4v) is 4.79. The molecule has 30 heavy (non-hydrogen) atoms. The van der Waals surface area contributed by atoms with Gasteiger partial charge in [-0.05, 0) is 50.2 Å². The molecule has 1 saturated heterocycles. The summed E-state index contributed by atoms with van der Waals surface area (Å²) in [6.45, 7) is 4.46. The number of benzene rings is 1. The maximum absolute atomic E-state index is 13.3. The van der Waals surface area contributed by atoms with Gasteiger partial charge in [-0.1, -0.05) is 5.16 Å². The van der Waals surface area contributed by atoms with Crippen molar-refractivity contribution in [2.24, 2.45) is 0 Å². The Balaban J connectivity index is 1.26. The van der Waals surface area contributed by atoms with Crippen LogP contribution in [0, 0.1) is 5.82 Å². The topological polar surface area (TPSA) is 75.4 Å². The Morgan fingerprint density at radius 1 is 1.27 bits per heavy atom. The van der Waals surface area contributed by atoms with Crippen molar-refractivity contribution in [2.45, 2.75) is 38.6 Å². The number of thiophene rings is 1. The summed E-state index contributed by atoms with van der Waals surface area (Å²) >= 11 is 1.44. The predicted molar refractivity (Wildman–Crippen MR) is 113 cm³/mol. The van der Waals surface area contributed by atoms with Crippen LogP contribution in [-0.4, -0.2) is 41.4 Å². The van der Waals surface area contributed by atoms with Crippen LogP contribution in [0.5, 0.6) is 0 Å². The summed E-state index contributed by atoms with van der Waals surface area (Å²) < 4.78 is 18.6. The first-order valence-corrected chi connectivity index (χ1v) is 10.9. The molecule has 1 aliphatic rings. The Morgan fingerprint density at radius 3 is 2.83 bits per heavy atom. The number of likely N-dealkylation sites (tertiary alicyclic amines) is 1. The summed E-state index contributed by atoms with van der Waals surface area (Å²) in [6, 6.07) is 8.29. The summed E-state index contributed by atoms with van der Waals surface area (Å²) in [6.07, 6.45) is 2.36. The quantitative estimate of drug-likeness (QED) is 0.572. The Kier molecular flexibility index (Phi) is 6.24. The predicted octanol–water partition coefficient (Wildman–Crippen LogP) is 4.12. The lowest BCUT2D eigenvalue weighted by molar-refractivity contribution is -0.119. The van der Waals surface area contributed by atoms with Gasteiger partial charge in [0.2, 0.25) is 5.91 Å². The van der Waals surface area contributed by atoms with E-state index in [9.17, 15) is 14.0 Å². The number of ketones is 1. The van der Waals surface area contributed by atoms with E-state index < -0.39 is 0 Å². The van der Waals surface area contributed by atoms with Gasteiger partial charge in [-0.15, -0.1) is 11.3 Å². The highest BCUT2D eigenvalue weighted by atomic mass is 32.1. The molecule has 6 nitrogen and oxygen atoms in total. The number of nitrogens with zero attached hydrogens (tertiary/aromatic N) is 2. The van der Waals surface area contributed by atoms with E-state index >= 15 is 0 Å². The van der Waals surface area contributed by atoms with E-state index in [1.165, 1.54) is 30.4 Å². The third-order valence-corrected chi connectivity index (χ3v) is 6.67. The van der Waals surface area contributed by atoms with E-state index in [0.29, 0.717) is 18.5 Å². The molecular weight excluding hydrogens is 405 g/mol. The largest absolute Gasteiger partial charge is 0.356 e. The van der Waals surface area contributed by atoms with Gasteiger partial charge in [0, 0.05) is 42.1 Å². The van der Waals surface area contributed by atoms with Gasteiger partial charge >= 0.3 is 0 Å². The molecule has 1 fully saturated rings. The van der Waals surface area contributed by atoms with Crippen LogP contribution in [-0.2, 0) is 11.3 Å². The number of hydrogen-bond donors (Lipinski definition) is 1. The molecular formula is C22H24FN3O3S. The molecule has 0 atom stereocenters. The number of carbonyl (C=O) groups is 2. The van der Waals surface area contributed by atoms with Crippen molar-refractivity contribution in [3.8, 4) is 0 Å². The van der Waals surface area contributed by atoms with E-state index in [-0.39, 0.29) is 23.4 Å². The molecule has 8 heteroatoms. The number of piperidine rings is 1. The van der Waals surface area contributed by atoms with Gasteiger partial charge in [0.25, 0.3) is 0 Å². The van der Waals surface area contributed by atoms with Crippen LogP contribution in [0.3, 0.4) is 0 Å². The summed E-state index contributed by atoms with van der Waals surface area (Å²) in [4.78, 5) is 27.5. The fraction of sp³-hybridized carbons (Fsp3) is 0.409. The average molecular weight is 430 g/mol. The van der Waals surface area contributed by atoms with E-state index in [1.54, 1.807) is 6.07 Å². The Morgan fingerprint density at radius 2 is 2.07 bits per heavy atom. The number of hydrogen-bond acceptors (Lipinski definition) is 6. The van der Waals surface area contributed by atoms with Gasteiger partial charge in [0.15, 0.2) is 11.4 Å². The number of carbonyl (C=O) groups excluding carboxylic acids is 2. The molecule has 0 saturated carbocycles. The highest BCUT2D eigenvalue weighted by Crippen LogP contribution is 2.32. The molecule has 1 amide bonds. The zero-order valence-electron chi connectivity index (χ0n) is 16.8. The van der Waals surface area contributed by atoms with Crippen molar-refractivity contribution in [2.75, 3.05) is 19.6 Å². The van der Waals surface area contributed by atoms with Crippen LogP contribution >= 0.6 is 11.3 Å². The van der Waals surface area contributed by atoms with Crippen LogP contribution in [0.2, 0.25) is 0 Å². The van der Waals surface area contributed by atoms with Crippen molar-refractivity contribution >= 4 is 34.0 Å². The van der Waals surface area contributed by atoms with Crippen LogP contribution < -0.4 is 5.32 Å². The van der Waals surface area contributed by atoms with E-state index in [2.05, 4.69) is 15.4 Å². The molecule has 4 rings (SSSR count). The van der Waals surface area contributed by atoms with Crippen LogP contribution in [0.1, 0.15) is 52.3 Å². The molecule has 0 bridgehead atoms. The van der Waals surface area contributed by atoms with Gasteiger partial charge in [-0.25, -0.2) is 4.39 Å². The first-order chi connectivity index (χ1) is 14.5. The molecule has 158 valence electrons. The molecule has 0 unspecified atom stereocenters. The molecule has 2 aromatic heterocycles. The van der Waals surface area contributed by atoms with Crippen LogP contribution in [0.25, 0.3) is 11.0 Å². The first-order valence-electron chi connectivity index (χ1n) is 10.1. The molecule has 3 heterocycles. The first kappa shape index (κ1) is 20.7. The number of rotatable bonds is 7. The molecule has 0 radical (unpaired) electrons. The molecule has 1 N–H and O–H groups in total. The van der Waals surface area contributed by atoms with Gasteiger partial charge in [-0.2, -0.15) is 0 Å². The molecule has 0 aliphatic carbocycles. The third kappa shape index (κ3) is 4.76. The fourth-order valence-electron chi connectivity index (χ4n) is 3.87. The van der Waals surface area contributed by atoms with E-state index in [1.807, 2.05) is 12.1 Å². The highest BCUT2D eigenvalue weighted by Gasteiger charge is 2.25. The number of nitrogens with one attached hydrogen (secondary N) is 1. The summed E-state index contributed by atoms with van der Waals surface area (Å²) in [5.74, 6) is 0.0288. The van der Waals surface area contributed by atoms with Crippen molar-refractivity contribution in [3.63, 3.8) is 0 Å². The summed E-state index contributed by atoms with van der Waals surface area (Å²) in [5, 5.41) is 7.82. The molecule has 0 spiro atoms. The van der Waals surface area contributed by atoms with E-state index in [4.69, 9.17) is 4.52 Å². The average Bonchev–Trinajstić information content (AvgIpc) is 3.38. The second-order valence-electron chi connectivity index (χ2n) is 7.67. The molecule has 3 aromatic rings. The van der Waals surface area contributed by atoms with E-state index in [0.717, 1.165) is 53.3 Å². The smallest absolute Gasteiger partial charge is 0.217 e. The number of amides is 1. The van der Waals surface area contributed by atoms with Gasteiger partial charge < -0.3 is 14.7 Å². The van der Waals surface area contributed by atoms with Crippen LogP contribution in [0.4, 0.5) is 4.39 Å². The normalized spacial score (nSPS) is 15.5. The lowest BCUT2D eigenvalue weighted by Gasteiger charge is -2.30. The third-order valence-electron chi connectivity index (χ3n) is 5.54. The van der Waals surface area contributed by atoms with Crippen molar-refractivity contribution in [3.05, 3.63) is 51.6 Å². The summed E-state index contributed by atoms with van der Waals surface area (Å²) in [5.41, 5.74) is 1.40. The van der Waals surface area contributed by atoms with Gasteiger partial charge in [-0.3, -0.25) is 9.59 Å². The van der Waals surface area contributed by atoms with Crippen LogP contribution in [0.15, 0.2) is 34.9 Å². The SMILES string of the molecule is CC(=O)NCc1ccc(C(=O)CCN2CCC(c3noc4cc(F)ccc34)CC2)s1. The number of fused-ring (bicyclic) bond motifs is 1. The number of halogens is 1. The van der Waals surface area contributed by atoms with Crippen molar-refractivity contribution in [1.82, 2.24) is 15.4 Å². The Bertz CT molecular complexity index is 1050. The lowest BCUT2D eigenvalue weighted by Crippen LogP contribution is -2.34.